The number of carbonyl (C=O) groups excluding carboxylic acids is 1. The molecule has 0 radical (unpaired) electrons. The Hall–Kier alpha value is -2.44. The molecule has 7 heteroatoms. The van der Waals surface area contributed by atoms with Crippen molar-refractivity contribution < 1.29 is 9.90 Å². The van der Waals surface area contributed by atoms with E-state index in [9.17, 15) is 9.90 Å². The fourth-order valence-corrected chi connectivity index (χ4v) is 3.80. The van der Waals surface area contributed by atoms with E-state index in [-0.39, 0.29) is 12.5 Å². The number of nitrogens with one attached hydrogen (secondary N) is 1. The first-order valence-corrected chi connectivity index (χ1v) is 9.99. The molecule has 1 aliphatic rings. The molecule has 0 fully saturated rings. The van der Waals surface area contributed by atoms with Gasteiger partial charge in [0.2, 0.25) is 0 Å². The van der Waals surface area contributed by atoms with Crippen LogP contribution in [0.2, 0.25) is 5.02 Å². The van der Waals surface area contributed by atoms with Crippen LogP contribution in [0.15, 0.2) is 30.3 Å². The first kappa shape index (κ1) is 18.9. The van der Waals surface area contributed by atoms with Crippen molar-refractivity contribution in [2.75, 3.05) is 6.54 Å². The Morgan fingerprint density at radius 3 is 2.82 bits per heavy atom. The standard InChI is InChI=1S/C21H23ClN4O2/c1-13-11-16(19-20(24-13)26-10-4-2-3-5-18(26)25-19)21(28)23-12-17(27)14-6-8-15(22)9-7-14/h6-9,11,17,27H,2-5,10,12H2,1H3,(H,23,28)/t17-/m1/s1. The summed E-state index contributed by atoms with van der Waals surface area (Å²) in [7, 11) is 0. The van der Waals surface area contributed by atoms with Gasteiger partial charge in [-0.3, -0.25) is 4.79 Å². The fraction of sp³-hybridized carbons (Fsp3) is 0.381. The van der Waals surface area contributed by atoms with Crippen molar-refractivity contribution in [3.05, 3.63) is 58.0 Å². The van der Waals surface area contributed by atoms with Gasteiger partial charge >= 0.3 is 0 Å². The second-order valence-corrected chi connectivity index (χ2v) is 7.69. The molecule has 3 aromatic rings. The Kier molecular flexibility index (Phi) is 5.33. The number of aliphatic hydroxyl groups is 1. The third-order valence-corrected chi connectivity index (χ3v) is 5.40. The van der Waals surface area contributed by atoms with Gasteiger partial charge in [0.25, 0.3) is 5.91 Å². The average molecular weight is 399 g/mol. The quantitative estimate of drug-likeness (QED) is 0.703. The minimum absolute atomic E-state index is 0.108. The van der Waals surface area contributed by atoms with Crippen LogP contribution in [0.25, 0.3) is 11.2 Å². The van der Waals surface area contributed by atoms with Crippen LogP contribution in [0.5, 0.6) is 0 Å². The van der Waals surface area contributed by atoms with Crippen LogP contribution < -0.4 is 5.32 Å². The summed E-state index contributed by atoms with van der Waals surface area (Å²) in [5.41, 5.74) is 3.41. The molecule has 0 unspecified atom stereocenters. The number of imidazole rings is 1. The molecule has 0 aliphatic carbocycles. The average Bonchev–Trinajstić information content (AvgIpc) is 2.87. The number of fused-ring (bicyclic) bond motifs is 3. The number of amides is 1. The smallest absolute Gasteiger partial charge is 0.253 e. The van der Waals surface area contributed by atoms with E-state index < -0.39 is 6.10 Å². The number of halogens is 1. The number of rotatable bonds is 4. The van der Waals surface area contributed by atoms with Gasteiger partial charge in [-0.1, -0.05) is 30.2 Å². The van der Waals surface area contributed by atoms with E-state index in [1.165, 1.54) is 6.42 Å². The molecule has 0 spiro atoms. The molecule has 146 valence electrons. The zero-order chi connectivity index (χ0) is 19.7. The number of aromatic nitrogens is 3. The zero-order valence-electron chi connectivity index (χ0n) is 15.8. The van der Waals surface area contributed by atoms with Crippen molar-refractivity contribution >= 4 is 28.7 Å². The highest BCUT2D eigenvalue weighted by molar-refractivity contribution is 6.30. The van der Waals surface area contributed by atoms with Gasteiger partial charge in [0.15, 0.2) is 5.65 Å². The van der Waals surface area contributed by atoms with Gasteiger partial charge in [-0.05, 0) is 43.5 Å². The molecule has 28 heavy (non-hydrogen) atoms. The lowest BCUT2D eigenvalue weighted by Gasteiger charge is -2.13. The SMILES string of the molecule is Cc1cc(C(=O)NC[C@@H](O)c2ccc(Cl)cc2)c2nc3n(c2n1)CCCCC3. The van der Waals surface area contributed by atoms with Gasteiger partial charge < -0.3 is 15.0 Å². The lowest BCUT2D eigenvalue weighted by Crippen LogP contribution is -2.28. The number of nitrogens with zero attached hydrogens (tertiary/aromatic N) is 3. The molecule has 0 saturated heterocycles. The van der Waals surface area contributed by atoms with E-state index in [4.69, 9.17) is 16.6 Å². The molecule has 1 atom stereocenters. The second-order valence-electron chi connectivity index (χ2n) is 7.25. The lowest BCUT2D eigenvalue weighted by atomic mass is 10.1. The van der Waals surface area contributed by atoms with Crippen LogP contribution in [-0.2, 0) is 13.0 Å². The fourth-order valence-electron chi connectivity index (χ4n) is 3.68. The molecule has 2 aromatic heterocycles. The first-order chi connectivity index (χ1) is 13.5. The summed E-state index contributed by atoms with van der Waals surface area (Å²) in [5, 5.41) is 13.8. The molecule has 1 aliphatic heterocycles. The molecule has 0 bridgehead atoms. The topological polar surface area (TPSA) is 80.0 Å². The molecule has 2 N–H and O–H groups in total. The van der Waals surface area contributed by atoms with Crippen LogP contribution in [0.4, 0.5) is 0 Å². The van der Waals surface area contributed by atoms with Crippen LogP contribution in [0.1, 0.15) is 52.8 Å². The maximum Gasteiger partial charge on any atom is 0.253 e. The maximum absolute atomic E-state index is 12.9. The molecule has 0 saturated carbocycles. The van der Waals surface area contributed by atoms with Crippen LogP contribution >= 0.6 is 11.6 Å². The van der Waals surface area contributed by atoms with Crippen molar-refractivity contribution in [3.63, 3.8) is 0 Å². The summed E-state index contributed by atoms with van der Waals surface area (Å²) in [6.07, 6.45) is 3.50. The summed E-state index contributed by atoms with van der Waals surface area (Å²) < 4.78 is 2.15. The molecule has 3 heterocycles. The third kappa shape index (κ3) is 3.75. The normalized spacial score (nSPS) is 15.1. The number of hydrogen-bond donors (Lipinski definition) is 2. The number of pyridine rings is 1. The molecule has 4 rings (SSSR count). The maximum atomic E-state index is 12.9. The van der Waals surface area contributed by atoms with Gasteiger partial charge in [-0.15, -0.1) is 0 Å². The molecule has 1 amide bonds. The Balaban J connectivity index is 1.58. The zero-order valence-corrected chi connectivity index (χ0v) is 16.5. The van der Waals surface area contributed by atoms with Crippen molar-refractivity contribution in [1.29, 1.82) is 0 Å². The summed E-state index contributed by atoms with van der Waals surface area (Å²) in [5.74, 6) is 0.748. The predicted octanol–water partition coefficient (Wildman–Crippen LogP) is 3.58. The largest absolute Gasteiger partial charge is 0.387 e. The highest BCUT2D eigenvalue weighted by Gasteiger charge is 2.21. The van der Waals surface area contributed by atoms with Gasteiger partial charge in [0.05, 0.1) is 11.7 Å². The van der Waals surface area contributed by atoms with Crippen molar-refractivity contribution in [1.82, 2.24) is 19.9 Å². The van der Waals surface area contributed by atoms with Gasteiger partial charge in [0.1, 0.15) is 11.3 Å². The minimum atomic E-state index is -0.807. The van der Waals surface area contributed by atoms with Crippen molar-refractivity contribution in [2.45, 2.75) is 45.3 Å². The summed E-state index contributed by atoms with van der Waals surface area (Å²) >= 11 is 5.88. The molecule has 1 aromatic carbocycles. The van der Waals surface area contributed by atoms with Crippen LogP contribution in [0, 0.1) is 6.92 Å². The van der Waals surface area contributed by atoms with E-state index in [0.717, 1.165) is 43.0 Å². The van der Waals surface area contributed by atoms with Crippen LogP contribution in [-0.4, -0.2) is 32.1 Å². The van der Waals surface area contributed by atoms with E-state index in [0.29, 0.717) is 21.7 Å². The number of carbonyl (C=O) groups is 1. The van der Waals surface area contributed by atoms with Gasteiger partial charge in [-0.25, -0.2) is 9.97 Å². The van der Waals surface area contributed by atoms with E-state index in [2.05, 4.69) is 14.9 Å². The van der Waals surface area contributed by atoms with E-state index in [1.54, 1.807) is 30.3 Å². The summed E-state index contributed by atoms with van der Waals surface area (Å²) in [4.78, 5) is 22.2. The minimum Gasteiger partial charge on any atom is -0.387 e. The van der Waals surface area contributed by atoms with Crippen LogP contribution in [0.3, 0.4) is 0 Å². The Morgan fingerprint density at radius 2 is 2.04 bits per heavy atom. The number of benzene rings is 1. The Labute approximate surface area is 168 Å². The molecular weight excluding hydrogens is 376 g/mol. The van der Waals surface area contributed by atoms with Crippen molar-refractivity contribution in [2.24, 2.45) is 0 Å². The first-order valence-electron chi connectivity index (χ1n) is 9.61. The van der Waals surface area contributed by atoms with E-state index in [1.807, 2.05) is 6.92 Å². The monoisotopic (exact) mass is 398 g/mol. The second kappa shape index (κ2) is 7.89. The summed E-state index contributed by atoms with van der Waals surface area (Å²) in [6, 6.07) is 8.70. The van der Waals surface area contributed by atoms with Gasteiger partial charge in [0, 0.05) is 30.2 Å². The number of aryl methyl sites for hydroxylation is 3. The van der Waals surface area contributed by atoms with E-state index >= 15 is 0 Å². The highest BCUT2D eigenvalue weighted by Crippen LogP contribution is 2.24. The van der Waals surface area contributed by atoms with Crippen molar-refractivity contribution in [3.8, 4) is 0 Å². The number of aliphatic hydroxyl groups excluding tert-OH is 1. The van der Waals surface area contributed by atoms with Gasteiger partial charge in [-0.2, -0.15) is 0 Å². The lowest BCUT2D eigenvalue weighted by molar-refractivity contribution is 0.0917. The Morgan fingerprint density at radius 1 is 1.25 bits per heavy atom. The molecule has 6 nitrogen and oxygen atoms in total. The molecular formula is C21H23ClN4O2. The highest BCUT2D eigenvalue weighted by atomic mass is 35.5. The predicted molar refractivity (Wildman–Crippen MR) is 109 cm³/mol. The summed E-state index contributed by atoms with van der Waals surface area (Å²) in [6.45, 7) is 2.88. The Bertz CT molecular complexity index is 1010. The third-order valence-electron chi connectivity index (χ3n) is 5.15. The number of hydrogen-bond acceptors (Lipinski definition) is 4.